The van der Waals surface area contributed by atoms with Crippen LogP contribution in [0.2, 0.25) is 0 Å². The number of likely N-dealkylation sites (tertiary alicyclic amines) is 1. The molecule has 6 heteroatoms. The second-order valence-corrected chi connectivity index (χ2v) is 8.36. The van der Waals surface area contributed by atoms with Crippen molar-refractivity contribution in [1.29, 1.82) is 0 Å². The minimum atomic E-state index is -0.0186. The van der Waals surface area contributed by atoms with Gasteiger partial charge in [-0.2, -0.15) is 0 Å². The molecule has 2 aliphatic rings. The highest BCUT2D eigenvalue weighted by atomic mass is 16.6. The summed E-state index contributed by atoms with van der Waals surface area (Å²) in [6.07, 6.45) is 1.52. The molecule has 2 heterocycles. The summed E-state index contributed by atoms with van der Waals surface area (Å²) in [5.74, 6) is 1.58. The number of fused-ring (bicyclic) bond motifs is 1. The van der Waals surface area contributed by atoms with E-state index in [1.165, 1.54) is 0 Å². The molecule has 6 nitrogen and oxygen atoms in total. The Bertz CT molecular complexity index is 922. The van der Waals surface area contributed by atoms with E-state index in [4.69, 9.17) is 9.47 Å². The van der Waals surface area contributed by atoms with Crippen LogP contribution in [-0.2, 0) is 4.79 Å². The van der Waals surface area contributed by atoms with Crippen molar-refractivity contribution in [3.8, 4) is 11.5 Å². The first-order valence-electron chi connectivity index (χ1n) is 11.0. The van der Waals surface area contributed by atoms with Gasteiger partial charge >= 0.3 is 0 Å². The van der Waals surface area contributed by atoms with Crippen molar-refractivity contribution in [1.82, 2.24) is 9.80 Å². The van der Waals surface area contributed by atoms with Crippen molar-refractivity contribution >= 4 is 11.7 Å². The zero-order chi connectivity index (χ0) is 21.8. The standard InChI is InChI=1S/C25H30N2O4/c1-18(19-6-4-3-5-7-19)26(2)24(28)17-27-12-10-20(11-13-27)25(29)21-8-9-22-23(16-21)31-15-14-30-22/h3-9,16,18,20H,10-15,17H2,1-2H3/t18-/m1/s1. The number of hydrogen-bond acceptors (Lipinski definition) is 5. The molecule has 31 heavy (non-hydrogen) atoms. The van der Waals surface area contributed by atoms with E-state index in [2.05, 4.69) is 4.90 Å². The number of ketones is 1. The van der Waals surface area contributed by atoms with Gasteiger partial charge in [-0.05, 0) is 56.6 Å². The maximum Gasteiger partial charge on any atom is 0.236 e. The Kier molecular flexibility index (Phi) is 6.56. The maximum atomic E-state index is 13.0. The van der Waals surface area contributed by atoms with E-state index in [1.54, 1.807) is 6.07 Å². The lowest BCUT2D eigenvalue weighted by atomic mass is 9.88. The van der Waals surface area contributed by atoms with Gasteiger partial charge in [0, 0.05) is 18.5 Å². The molecule has 1 amide bonds. The molecule has 2 aromatic carbocycles. The van der Waals surface area contributed by atoms with Gasteiger partial charge in [-0.1, -0.05) is 30.3 Å². The summed E-state index contributed by atoms with van der Waals surface area (Å²) in [6.45, 7) is 4.98. The molecule has 2 aliphatic heterocycles. The normalized spacial score (nSPS) is 17.7. The predicted octanol–water partition coefficient (Wildman–Crippen LogP) is 3.57. The van der Waals surface area contributed by atoms with E-state index in [1.807, 2.05) is 61.3 Å². The Balaban J connectivity index is 1.29. The van der Waals surface area contributed by atoms with Crippen molar-refractivity contribution in [3.05, 3.63) is 59.7 Å². The lowest BCUT2D eigenvalue weighted by molar-refractivity contribution is -0.133. The Morgan fingerprint density at radius 3 is 2.42 bits per heavy atom. The molecule has 0 aromatic heterocycles. The molecule has 164 valence electrons. The highest BCUT2D eigenvalue weighted by Crippen LogP contribution is 2.32. The van der Waals surface area contributed by atoms with Gasteiger partial charge in [0.1, 0.15) is 13.2 Å². The topological polar surface area (TPSA) is 59.1 Å². The third-order valence-corrected chi connectivity index (χ3v) is 6.40. The fourth-order valence-electron chi connectivity index (χ4n) is 4.26. The molecule has 0 bridgehead atoms. The first kappa shape index (κ1) is 21.4. The largest absolute Gasteiger partial charge is 0.486 e. The van der Waals surface area contributed by atoms with Crippen LogP contribution in [0.1, 0.15) is 41.7 Å². The molecular formula is C25H30N2O4. The van der Waals surface area contributed by atoms with Gasteiger partial charge in [-0.25, -0.2) is 0 Å². The molecular weight excluding hydrogens is 392 g/mol. The highest BCUT2D eigenvalue weighted by Gasteiger charge is 2.28. The van der Waals surface area contributed by atoms with Gasteiger partial charge in [0.15, 0.2) is 17.3 Å². The van der Waals surface area contributed by atoms with E-state index in [9.17, 15) is 9.59 Å². The third-order valence-electron chi connectivity index (χ3n) is 6.40. The zero-order valence-corrected chi connectivity index (χ0v) is 18.3. The fourth-order valence-corrected chi connectivity index (χ4v) is 4.26. The van der Waals surface area contributed by atoms with Gasteiger partial charge in [0.2, 0.25) is 5.91 Å². The number of piperidine rings is 1. The molecule has 4 rings (SSSR count). The number of hydrogen-bond donors (Lipinski definition) is 0. The van der Waals surface area contributed by atoms with Crippen LogP contribution >= 0.6 is 0 Å². The van der Waals surface area contributed by atoms with Gasteiger partial charge in [0.05, 0.1) is 12.6 Å². The molecule has 0 saturated carbocycles. The minimum Gasteiger partial charge on any atom is -0.486 e. The van der Waals surface area contributed by atoms with Crippen molar-refractivity contribution in [2.24, 2.45) is 5.92 Å². The van der Waals surface area contributed by atoms with Gasteiger partial charge in [-0.15, -0.1) is 0 Å². The summed E-state index contributed by atoms with van der Waals surface area (Å²) in [5.41, 5.74) is 1.80. The van der Waals surface area contributed by atoms with Crippen molar-refractivity contribution in [2.45, 2.75) is 25.8 Å². The Labute approximate surface area is 183 Å². The second-order valence-electron chi connectivity index (χ2n) is 8.36. The number of rotatable bonds is 6. The molecule has 1 atom stereocenters. The fraction of sp³-hybridized carbons (Fsp3) is 0.440. The molecule has 2 aromatic rings. The summed E-state index contributed by atoms with van der Waals surface area (Å²) < 4.78 is 11.1. The molecule has 0 unspecified atom stereocenters. The predicted molar refractivity (Wildman–Crippen MR) is 119 cm³/mol. The van der Waals surface area contributed by atoms with Crippen LogP contribution < -0.4 is 9.47 Å². The average molecular weight is 423 g/mol. The summed E-state index contributed by atoms with van der Waals surface area (Å²) >= 11 is 0. The molecule has 1 fully saturated rings. The number of benzene rings is 2. The summed E-state index contributed by atoms with van der Waals surface area (Å²) in [4.78, 5) is 29.7. The van der Waals surface area contributed by atoms with Gasteiger partial charge in [-0.3, -0.25) is 14.5 Å². The Morgan fingerprint density at radius 2 is 1.71 bits per heavy atom. The van der Waals surface area contributed by atoms with E-state index in [-0.39, 0.29) is 23.7 Å². The van der Waals surface area contributed by atoms with Crippen LogP contribution in [0, 0.1) is 5.92 Å². The Hall–Kier alpha value is -2.86. The van der Waals surface area contributed by atoms with Crippen molar-refractivity contribution in [2.75, 3.05) is 39.9 Å². The van der Waals surface area contributed by atoms with Gasteiger partial charge < -0.3 is 14.4 Å². The molecule has 0 aliphatic carbocycles. The van der Waals surface area contributed by atoms with Crippen molar-refractivity contribution in [3.63, 3.8) is 0 Å². The van der Waals surface area contributed by atoms with Crippen LogP contribution in [0.15, 0.2) is 48.5 Å². The number of carbonyl (C=O) groups excluding carboxylic acids is 2. The maximum absolute atomic E-state index is 13.0. The van der Waals surface area contributed by atoms with Crippen LogP contribution in [-0.4, -0.2) is 61.4 Å². The number of nitrogens with zero attached hydrogens (tertiary/aromatic N) is 2. The number of Topliss-reactive ketones (excluding diaryl/α,β-unsaturated/α-hetero) is 1. The van der Waals surface area contributed by atoms with Crippen LogP contribution in [0.25, 0.3) is 0 Å². The van der Waals surface area contributed by atoms with Crippen LogP contribution in [0.5, 0.6) is 11.5 Å². The van der Waals surface area contributed by atoms with Gasteiger partial charge in [0.25, 0.3) is 0 Å². The summed E-state index contributed by atoms with van der Waals surface area (Å²) in [6, 6.07) is 15.5. The van der Waals surface area contributed by atoms with E-state index in [0.29, 0.717) is 36.8 Å². The summed E-state index contributed by atoms with van der Waals surface area (Å²) in [5, 5.41) is 0. The lowest BCUT2D eigenvalue weighted by Gasteiger charge is -2.33. The first-order chi connectivity index (χ1) is 15.0. The molecule has 1 saturated heterocycles. The Morgan fingerprint density at radius 1 is 1.03 bits per heavy atom. The average Bonchev–Trinajstić information content (AvgIpc) is 2.83. The lowest BCUT2D eigenvalue weighted by Crippen LogP contribution is -2.43. The van der Waals surface area contributed by atoms with E-state index < -0.39 is 0 Å². The number of ether oxygens (including phenoxy) is 2. The molecule has 0 radical (unpaired) electrons. The van der Waals surface area contributed by atoms with E-state index >= 15 is 0 Å². The number of amides is 1. The quantitative estimate of drug-likeness (QED) is 0.666. The highest BCUT2D eigenvalue weighted by molar-refractivity contribution is 5.98. The molecule has 0 N–H and O–H groups in total. The summed E-state index contributed by atoms with van der Waals surface area (Å²) in [7, 11) is 1.86. The second kappa shape index (κ2) is 9.52. The van der Waals surface area contributed by atoms with Crippen molar-refractivity contribution < 1.29 is 19.1 Å². The van der Waals surface area contributed by atoms with Crippen LogP contribution in [0.4, 0.5) is 0 Å². The first-order valence-corrected chi connectivity index (χ1v) is 11.0. The molecule has 0 spiro atoms. The third kappa shape index (κ3) is 4.90. The SMILES string of the molecule is C[C@H](c1ccccc1)N(C)C(=O)CN1CCC(C(=O)c2ccc3c(c2)OCCO3)CC1. The minimum absolute atomic E-state index is 0.0186. The smallest absolute Gasteiger partial charge is 0.236 e. The monoisotopic (exact) mass is 422 g/mol. The number of carbonyl (C=O) groups is 2. The van der Waals surface area contributed by atoms with E-state index in [0.717, 1.165) is 31.5 Å². The van der Waals surface area contributed by atoms with Crippen LogP contribution in [0.3, 0.4) is 0 Å². The zero-order valence-electron chi connectivity index (χ0n) is 18.3. The number of likely N-dealkylation sites (N-methyl/N-ethyl adjacent to an activating group) is 1.